The molecule has 0 radical (unpaired) electrons. The number of carbonyl (C=O) groups is 4. The van der Waals surface area contributed by atoms with Crippen molar-refractivity contribution in [2.75, 3.05) is 125 Å². The predicted octanol–water partition coefficient (Wildman–Crippen LogP) is 11.3. The number of hydrogen-bond donors (Lipinski definition) is 6. The maximum absolute atomic E-state index is 13.7. The third kappa shape index (κ3) is 18.5. The number of amides is 2. The number of hydrogen-bond acceptors (Lipinski definition) is 28. The summed E-state index contributed by atoms with van der Waals surface area (Å²) >= 11 is 3.55. The lowest BCUT2D eigenvalue weighted by atomic mass is 10.1. The molecule has 0 aliphatic carbocycles. The summed E-state index contributed by atoms with van der Waals surface area (Å²) in [5.41, 5.74) is 2.94. The van der Waals surface area contributed by atoms with E-state index in [4.69, 9.17) is 44.6 Å². The summed E-state index contributed by atoms with van der Waals surface area (Å²) in [4.78, 5) is 86.2. The first kappa shape index (κ1) is 70.3. The fourth-order valence-electron chi connectivity index (χ4n) is 9.77. The van der Waals surface area contributed by atoms with Crippen molar-refractivity contribution >= 4 is 169 Å². The van der Waals surface area contributed by atoms with E-state index in [9.17, 15) is 45.1 Å². The molecule has 3 aromatic heterocycles. The number of azo groups is 2. The van der Waals surface area contributed by atoms with Crippen LogP contribution in [0.4, 0.5) is 79.3 Å². The molecule has 34 heteroatoms. The number of rotatable bonds is 28. The molecular formula is C61H69N17O12S5. The third-order valence-corrected chi connectivity index (χ3v) is 18.7. The SMILES string of the molecule is CCSc1nc(Nc2cc(N(CC)CC)ccc2N=Nc2nc(N3CCOCC3)c(/C=C(/C(C)=O)C(=O)Nc3cccc(S(=O)(=O)O)c3)s2)nc(Nc2cc(N(CC)CC)ccc2N=Nc2nc(N3CCOCC3)c(/C=C(\C(C)=O)C(=O)Nc3cccc(S(=O)(=O)O)c3)s2)n1. The van der Waals surface area contributed by atoms with Crippen LogP contribution in [0.3, 0.4) is 0 Å². The standard InChI is InChI=1S/C61H69N17O12S5/c1-8-75(9-2)41-19-21-47(71-73-60-66-53(77-23-27-89-28-24-77)51(92-60)35-45(37(6)79)55(81)62-39-15-13-17-43(31-39)94(83,84)85)49(33-41)64-57-68-58(70-59(69-57)91-12-5)65-50-34-42(76(10-3)11-4)20-22-48(50)72-74-61-67-54(78-25-29-90-30-26-78)52(93-61)36-46(38(7)80)56(82)63-40-16-14-18-44(32-40)95(86,87)88/h13-22,31-36H,8-12,23-30H2,1-7H3,(H,62,81)(H,63,82)(H,83,84,85)(H,86,87,88)(H2,64,65,68,69,70)/b45-35-,46-36+,73-71?,74-72?. The minimum absolute atomic E-state index is 0.0306. The van der Waals surface area contributed by atoms with Crippen LogP contribution in [-0.4, -0.2) is 159 Å². The molecule has 2 fully saturated rings. The molecule has 0 saturated carbocycles. The smallest absolute Gasteiger partial charge is 0.294 e. The van der Waals surface area contributed by atoms with E-state index in [1.807, 2.05) is 68.7 Å². The van der Waals surface area contributed by atoms with Crippen molar-refractivity contribution in [2.45, 2.75) is 63.4 Å². The van der Waals surface area contributed by atoms with Crippen LogP contribution in [0.25, 0.3) is 12.2 Å². The van der Waals surface area contributed by atoms with Crippen molar-refractivity contribution < 1.29 is 54.6 Å². The molecule has 7 aromatic rings. The van der Waals surface area contributed by atoms with Gasteiger partial charge >= 0.3 is 0 Å². The molecule has 9 rings (SSSR count). The highest BCUT2D eigenvalue weighted by Gasteiger charge is 2.26. The monoisotopic (exact) mass is 1390 g/mol. The number of carbonyl (C=O) groups excluding carboxylic acids is 4. The van der Waals surface area contributed by atoms with Crippen molar-refractivity contribution in [3.05, 3.63) is 106 Å². The fourth-order valence-corrected chi connectivity index (χ4v) is 13.1. The van der Waals surface area contributed by atoms with E-state index in [-0.39, 0.29) is 44.7 Å². The van der Waals surface area contributed by atoms with Crippen LogP contribution < -0.4 is 40.9 Å². The molecule has 5 heterocycles. The van der Waals surface area contributed by atoms with E-state index < -0.39 is 53.4 Å². The summed E-state index contributed by atoms with van der Waals surface area (Å²) < 4.78 is 78.0. The highest BCUT2D eigenvalue weighted by Crippen LogP contribution is 2.41. The summed E-state index contributed by atoms with van der Waals surface area (Å²) in [5, 5.41) is 31.3. The Morgan fingerprint density at radius 3 is 1.33 bits per heavy atom. The number of thioether (sulfide) groups is 1. The summed E-state index contributed by atoms with van der Waals surface area (Å²) in [5.74, 6) is -1.05. The number of morpholine rings is 2. The molecule has 4 aromatic carbocycles. The van der Waals surface area contributed by atoms with Gasteiger partial charge in [-0.05, 0) is 132 Å². The molecule has 0 atom stereocenters. The zero-order valence-corrected chi connectivity index (χ0v) is 56.8. The molecule has 2 aliphatic heterocycles. The lowest BCUT2D eigenvalue weighted by Crippen LogP contribution is -2.36. The van der Waals surface area contributed by atoms with E-state index in [1.54, 1.807) is 12.1 Å². The van der Waals surface area contributed by atoms with Crippen molar-refractivity contribution in [3.63, 3.8) is 0 Å². The lowest BCUT2D eigenvalue weighted by Gasteiger charge is -2.27. The Hall–Kier alpha value is -9.00. The van der Waals surface area contributed by atoms with Gasteiger partial charge in [0, 0.05) is 75.1 Å². The Morgan fingerprint density at radius 2 is 0.968 bits per heavy atom. The van der Waals surface area contributed by atoms with Crippen molar-refractivity contribution in [1.29, 1.82) is 0 Å². The summed E-state index contributed by atoms with van der Waals surface area (Å²) in [6.45, 7) is 18.7. The van der Waals surface area contributed by atoms with Gasteiger partial charge in [-0.15, -0.1) is 20.5 Å². The number of nitrogens with one attached hydrogen (secondary N) is 4. The quantitative estimate of drug-likeness (QED) is 0.00662. The van der Waals surface area contributed by atoms with Crippen LogP contribution in [-0.2, 0) is 48.9 Å². The van der Waals surface area contributed by atoms with Crippen LogP contribution in [0, 0.1) is 0 Å². The van der Waals surface area contributed by atoms with Crippen LogP contribution in [0.2, 0.25) is 0 Å². The highest BCUT2D eigenvalue weighted by molar-refractivity contribution is 7.99. The Balaban J connectivity index is 1.05. The number of ketones is 2. The van der Waals surface area contributed by atoms with Gasteiger partial charge in [0.05, 0.1) is 68.5 Å². The second-order valence-corrected chi connectivity index (χ2v) is 26.9. The molecule has 2 saturated heterocycles. The summed E-state index contributed by atoms with van der Waals surface area (Å²) in [7, 11) is -9.18. The second-order valence-electron chi connectivity index (χ2n) is 20.8. The molecule has 0 unspecified atom stereocenters. The lowest BCUT2D eigenvalue weighted by molar-refractivity contribution is -0.120. The van der Waals surface area contributed by atoms with Crippen LogP contribution in [0.15, 0.2) is 131 Å². The number of anilines is 10. The fraction of sp³-hybridized carbons (Fsp3) is 0.328. The zero-order valence-electron chi connectivity index (χ0n) is 52.8. The Labute approximate surface area is 560 Å². The topological polar surface area (TPSA) is 370 Å². The van der Waals surface area contributed by atoms with Gasteiger partial charge in [0.25, 0.3) is 32.1 Å². The number of benzene rings is 4. The molecule has 2 amide bonds. The molecule has 0 spiro atoms. The van der Waals surface area contributed by atoms with E-state index in [2.05, 4.69) is 41.3 Å². The normalized spacial score (nSPS) is 14.1. The van der Waals surface area contributed by atoms with Gasteiger partial charge in [-0.1, -0.05) is 53.5 Å². The molecule has 0 bridgehead atoms. The summed E-state index contributed by atoms with van der Waals surface area (Å²) in [6.07, 6.45) is 2.81. The van der Waals surface area contributed by atoms with Crippen molar-refractivity contribution in [1.82, 2.24) is 24.9 Å². The predicted molar refractivity (Wildman–Crippen MR) is 369 cm³/mol. The number of nitrogens with zero attached hydrogens (tertiary/aromatic N) is 13. The summed E-state index contributed by atoms with van der Waals surface area (Å²) in [6, 6.07) is 21.2. The molecule has 6 N–H and O–H groups in total. The van der Waals surface area contributed by atoms with Crippen LogP contribution in [0.1, 0.15) is 58.2 Å². The minimum Gasteiger partial charge on any atom is -0.378 e. The van der Waals surface area contributed by atoms with E-state index in [0.29, 0.717) is 134 Å². The maximum Gasteiger partial charge on any atom is 0.294 e. The molecule has 29 nitrogen and oxygen atoms in total. The maximum atomic E-state index is 13.7. The largest absolute Gasteiger partial charge is 0.378 e. The molecular weight excluding hydrogens is 1320 g/mol. The van der Waals surface area contributed by atoms with Crippen LogP contribution in [0.5, 0.6) is 0 Å². The van der Waals surface area contributed by atoms with Gasteiger partial charge in [0.1, 0.15) is 23.0 Å². The van der Waals surface area contributed by atoms with Crippen molar-refractivity contribution in [3.8, 4) is 0 Å². The Bertz CT molecular complexity index is 4080. The van der Waals surface area contributed by atoms with Gasteiger partial charge < -0.3 is 50.3 Å². The third-order valence-electron chi connectivity index (χ3n) is 14.5. The van der Waals surface area contributed by atoms with Gasteiger partial charge in [-0.3, -0.25) is 28.3 Å². The average molecular weight is 1390 g/mol. The Kier molecular flexibility index (Phi) is 23.7. The highest BCUT2D eigenvalue weighted by atomic mass is 32.2. The number of thiazole rings is 2. The Morgan fingerprint density at radius 1 is 0.568 bits per heavy atom. The first-order valence-electron chi connectivity index (χ1n) is 30.0. The first-order valence-corrected chi connectivity index (χ1v) is 35.5. The number of aromatic nitrogens is 5. The second kappa shape index (κ2) is 32.0. The molecule has 95 heavy (non-hydrogen) atoms. The number of ether oxygens (including phenoxy) is 2. The van der Waals surface area contributed by atoms with E-state index in [0.717, 1.165) is 58.3 Å². The number of Topliss-reactive ketones (excluding diaryl/α,β-unsaturated/α-hetero) is 2. The zero-order chi connectivity index (χ0) is 68.0. The molecule has 500 valence electrons. The van der Waals surface area contributed by atoms with E-state index >= 15 is 0 Å². The van der Waals surface area contributed by atoms with Crippen LogP contribution >= 0.6 is 34.4 Å². The van der Waals surface area contributed by atoms with Gasteiger partial charge in [0.2, 0.25) is 22.2 Å². The average Bonchev–Trinajstić information content (AvgIpc) is 1.73. The van der Waals surface area contributed by atoms with Gasteiger partial charge in [0.15, 0.2) is 16.7 Å². The van der Waals surface area contributed by atoms with Gasteiger partial charge in [-0.25, -0.2) is 0 Å². The molecule has 2 aliphatic rings. The van der Waals surface area contributed by atoms with E-state index in [1.165, 1.54) is 62.0 Å². The minimum atomic E-state index is -4.59. The first-order chi connectivity index (χ1) is 45.5. The van der Waals surface area contributed by atoms with Crippen molar-refractivity contribution in [2.24, 2.45) is 20.5 Å². The van der Waals surface area contributed by atoms with Gasteiger partial charge in [-0.2, -0.15) is 41.8 Å².